The van der Waals surface area contributed by atoms with E-state index in [9.17, 15) is 18.4 Å². The van der Waals surface area contributed by atoms with Crippen molar-refractivity contribution in [3.05, 3.63) is 64.4 Å². The molecular weight excluding hydrogens is 370 g/mol. The summed E-state index contributed by atoms with van der Waals surface area (Å²) in [7, 11) is 0. The molecule has 2 aromatic carbocycles. The summed E-state index contributed by atoms with van der Waals surface area (Å²) >= 11 is 0. The fourth-order valence-corrected chi connectivity index (χ4v) is 3.51. The summed E-state index contributed by atoms with van der Waals surface area (Å²) in [6.45, 7) is 0.590. The van der Waals surface area contributed by atoms with Gasteiger partial charge in [0.2, 0.25) is 5.78 Å². The van der Waals surface area contributed by atoms with Crippen molar-refractivity contribution in [2.24, 2.45) is 0 Å². The third-order valence-corrected chi connectivity index (χ3v) is 4.69. The summed E-state index contributed by atoms with van der Waals surface area (Å²) < 4.78 is 40.8. The number of allylic oxidation sites excluding steroid dienone is 2. The number of rotatable bonds is 3. The van der Waals surface area contributed by atoms with Crippen LogP contribution in [0.25, 0.3) is 0 Å². The molecule has 5 nitrogen and oxygen atoms in total. The number of benzene rings is 2. The van der Waals surface area contributed by atoms with Crippen LogP contribution in [-0.4, -0.2) is 18.4 Å². The number of ketones is 1. The van der Waals surface area contributed by atoms with E-state index >= 15 is 0 Å². The van der Waals surface area contributed by atoms with E-state index < -0.39 is 18.5 Å². The highest BCUT2D eigenvalue weighted by Gasteiger charge is 2.38. The van der Waals surface area contributed by atoms with Crippen LogP contribution in [0.5, 0.6) is 17.2 Å². The van der Waals surface area contributed by atoms with Gasteiger partial charge in [0.05, 0.1) is 12.0 Å². The van der Waals surface area contributed by atoms with Crippen LogP contribution >= 0.6 is 0 Å². The number of carbonyl (C=O) groups is 2. The normalized spacial score (nSPS) is 17.8. The van der Waals surface area contributed by atoms with Crippen molar-refractivity contribution in [3.8, 4) is 17.2 Å². The Bertz CT molecular complexity index is 1020. The van der Waals surface area contributed by atoms with Gasteiger partial charge in [-0.3, -0.25) is 9.59 Å². The summed E-state index contributed by atoms with van der Waals surface area (Å²) in [6.07, 6.45) is -0.0106. The maximum Gasteiger partial charge on any atom is 0.387 e. The highest BCUT2D eigenvalue weighted by atomic mass is 19.3. The lowest BCUT2D eigenvalue weighted by Gasteiger charge is -2.26. The number of hydrogen-bond acceptors (Lipinski definition) is 5. The molecule has 0 bridgehead atoms. The molecule has 0 saturated heterocycles. The van der Waals surface area contributed by atoms with E-state index in [0.717, 1.165) is 5.57 Å². The Morgan fingerprint density at radius 3 is 2.64 bits per heavy atom. The maximum atomic E-state index is 12.6. The predicted molar refractivity (Wildman–Crippen MR) is 94.9 cm³/mol. The fourth-order valence-electron chi connectivity index (χ4n) is 3.51. The Kier molecular flexibility index (Phi) is 4.37. The fraction of sp³-hybridized carbons (Fsp3) is 0.238. The molecule has 0 amide bonds. The molecule has 0 radical (unpaired) electrons. The molecule has 0 fully saturated rings. The first-order valence-corrected chi connectivity index (χ1v) is 8.67. The van der Waals surface area contributed by atoms with E-state index in [1.54, 1.807) is 38.1 Å². The molecule has 1 atom stereocenters. The van der Waals surface area contributed by atoms with Crippen LogP contribution in [0.15, 0.2) is 47.7 Å². The van der Waals surface area contributed by atoms with Crippen LogP contribution in [-0.2, 0) is 4.79 Å². The summed E-state index contributed by atoms with van der Waals surface area (Å²) in [6, 6.07) is 9.28. The van der Waals surface area contributed by atoms with Crippen LogP contribution in [0.4, 0.5) is 8.78 Å². The van der Waals surface area contributed by atoms with Gasteiger partial charge in [0.25, 0.3) is 0 Å². The highest BCUT2D eigenvalue weighted by Crippen LogP contribution is 2.49. The summed E-state index contributed by atoms with van der Waals surface area (Å²) in [5.41, 5.74) is 2.26. The zero-order valence-electron chi connectivity index (χ0n) is 15.1. The molecule has 0 saturated carbocycles. The quantitative estimate of drug-likeness (QED) is 0.438. The number of ether oxygens (including phenoxy) is 3. The van der Waals surface area contributed by atoms with E-state index in [1.807, 2.05) is 0 Å². The third-order valence-electron chi connectivity index (χ3n) is 4.69. The molecule has 7 heteroatoms. The van der Waals surface area contributed by atoms with Gasteiger partial charge in [-0.25, -0.2) is 0 Å². The van der Waals surface area contributed by atoms with E-state index in [-0.39, 0.29) is 23.7 Å². The Labute approximate surface area is 159 Å². The molecule has 2 aromatic rings. The lowest BCUT2D eigenvalue weighted by molar-refractivity contribution is -0.135. The molecule has 4 rings (SSSR count). The SMILES string of the molecule is CC(C)=C1Oc2c(ccc3c2C(c2cccc(OC(F)F)c2)CC(=O)O3)C1=O. The third kappa shape index (κ3) is 3.02. The second kappa shape index (κ2) is 6.74. The number of esters is 1. The minimum absolute atomic E-state index is 0.0106. The van der Waals surface area contributed by atoms with Gasteiger partial charge in [-0.05, 0) is 49.2 Å². The zero-order chi connectivity index (χ0) is 20.0. The first-order valence-electron chi connectivity index (χ1n) is 8.67. The standard InChI is InChI=1S/C21H16F2O5/c1-10(2)19-18(25)13-6-7-15-17(20(13)28-19)14(9-16(24)27-15)11-4-3-5-12(8-11)26-21(22)23/h3-8,14,21H,9H2,1-2H3. The Morgan fingerprint density at radius 2 is 1.93 bits per heavy atom. The van der Waals surface area contributed by atoms with E-state index in [2.05, 4.69) is 4.74 Å². The van der Waals surface area contributed by atoms with Crippen molar-refractivity contribution in [2.45, 2.75) is 32.8 Å². The molecule has 0 aromatic heterocycles. The molecule has 2 aliphatic rings. The number of carbonyl (C=O) groups excluding carboxylic acids is 2. The maximum absolute atomic E-state index is 12.6. The van der Waals surface area contributed by atoms with Crippen LogP contribution in [0.1, 0.15) is 47.7 Å². The van der Waals surface area contributed by atoms with Crippen molar-refractivity contribution >= 4 is 11.8 Å². The van der Waals surface area contributed by atoms with Gasteiger partial charge in [0.1, 0.15) is 17.2 Å². The second-order valence-corrected chi connectivity index (χ2v) is 6.80. The van der Waals surface area contributed by atoms with Crippen LogP contribution in [0.2, 0.25) is 0 Å². The lowest BCUT2D eigenvalue weighted by atomic mass is 9.84. The molecule has 0 N–H and O–H groups in total. The minimum atomic E-state index is -2.95. The number of hydrogen-bond donors (Lipinski definition) is 0. The number of Topliss-reactive ketones (excluding diaryl/α,β-unsaturated/α-hetero) is 1. The number of halogens is 2. The van der Waals surface area contributed by atoms with Crippen molar-refractivity contribution in [1.29, 1.82) is 0 Å². The largest absolute Gasteiger partial charge is 0.452 e. The van der Waals surface area contributed by atoms with Crippen molar-refractivity contribution in [2.75, 3.05) is 0 Å². The predicted octanol–water partition coefficient (Wildman–Crippen LogP) is 4.60. The average molecular weight is 386 g/mol. The molecule has 2 aliphatic heterocycles. The second-order valence-electron chi connectivity index (χ2n) is 6.80. The van der Waals surface area contributed by atoms with Crippen LogP contribution in [0.3, 0.4) is 0 Å². The molecular formula is C21H16F2O5. The Hall–Kier alpha value is -3.22. The summed E-state index contributed by atoms with van der Waals surface area (Å²) in [5.74, 6) is -0.333. The van der Waals surface area contributed by atoms with Gasteiger partial charge in [-0.2, -0.15) is 8.78 Å². The van der Waals surface area contributed by atoms with Gasteiger partial charge in [0, 0.05) is 11.5 Å². The molecule has 144 valence electrons. The molecule has 1 unspecified atom stereocenters. The van der Waals surface area contributed by atoms with E-state index in [1.165, 1.54) is 12.1 Å². The van der Waals surface area contributed by atoms with Crippen LogP contribution < -0.4 is 14.2 Å². The molecule has 2 heterocycles. The van der Waals surface area contributed by atoms with Gasteiger partial charge >= 0.3 is 12.6 Å². The smallest absolute Gasteiger partial charge is 0.387 e. The average Bonchev–Trinajstić information content (AvgIpc) is 2.97. The highest BCUT2D eigenvalue weighted by molar-refractivity contribution is 6.13. The van der Waals surface area contributed by atoms with E-state index in [4.69, 9.17) is 9.47 Å². The monoisotopic (exact) mass is 386 g/mol. The van der Waals surface area contributed by atoms with Gasteiger partial charge < -0.3 is 14.2 Å². The van der Waals surface area contributed by atoms with Crippen LogP contribution in [0, 0.1) is 0 Å². The van der Waals surface area contributed by atoms with Crippen molar-refractivity contribution < 1.29 is 32.6 Å². The zero-order valence-corrected chi connectivity index (χ0v) is 15.1. The molecule has 28 heavy (non-hydrogen) atoms. The summed E-state index contributed by atoms with van der Waals surface area (Å²) in [4.78, 5) is 24.7. The van der Waals surface area contributed by atoms with Crippen molar-refractivity contribution in [1.82, 2.24) is 0 Å². The Balaban J connectivity index is 1.85. The molecule has 0 aliphatic carbocycles. The van der Waals surface area contributed by atoms with Gasteiger partial charge in [0.15, 0.2) is 5.76 Å². The van der Waals surface area contributed by atoms with Gasteiger partial charge in [-0.15, -0.1) is 0 Å². The topological polar surface area (TPSA) is 61.8 Å². The van der Waals surface area contributed by atoms with Crippen molar-refractivity contribution in [3.63, 3.8) is 0 Å². The van der Waals surface area contributed by atoms with Gasteiger partial charge in [-0.1, -0.05) is 12.1 Å². The number of alkyl halides is 2. The molecule has 0 spiro atoms. The minimum Gasteiger partial charge on any atom is -0.452 e. The first kappa shape index (κ1) is 18.2. The number of fused-ring (bicyclic) bond motifs is 3. The van der Waals surface area contributed by atoms with E-state index in [0.29, 0.717) is 28.2 Å². The summed E-state index contributed by atoms with van der Waals surface area (Å²) in [5, 5.41) is 0. The lowest BCUT2D eigenvalue weighted by Crippen LogP contribution is -2.21. The Morgan fingerprint density at radius 1 is 1.14 bits per heavy atom. The first-order chi connectivity index (χ1) is 13.3.